The SMILES string of the molecule is N#CCc1ccc(OCCN2CCN(C3CC3)CC2)cc1. The molecule has 0 N–H and O–H groups in total. The van der Waals surface area contributed by atoms with Crippen LogP contribution in [0.15, 0.2) is 24.3 Å². The van der Waals surface area contributed by atoms with Crippen molar-refractivity contribution in [2.45, 2.75) is 25.3 Å². The van der Waals surface area contributed by atoms with E-state index >= 15 is 0 Å². The van der Waals surface area contributed by atoms with E-state index < -0.39 is 0 Å². The van der Waals surface area contributed by atoms with Crippen LogP contribution < -0.4 is 4.74 Å². The van der Waals surface area contributed by atoms with E-state index in [1.165, 1.54) is 39.0 Å². The highest BCUT2D eigenvalue weighted by molar-refractivity contribution is 5.28. The Morgan fingerprint density at radius 2 is 1.81 bits per heavy atom. The fourth-order valence-electron chi connectivity index (χ4n) is 2.88. The predicted molar refractivity (Wildman–Crippen MR) is 82.3 cm³/mol. The van der Waals surface area contributed by atoms with Crippen LogP contribution in [-0.4, -0.2) is 55.2 Å². The molecule has 1 saturated heterocycles. The number of hydrogen-bond donors (Lipinski definition) is 0. The molecule has 1 aliphatic heterocycles. The van der Waals surface area contributed by atoms with Crippen LogP contribution in [0.5, 0.6) is 5.75 Å². The zero-order valence-electron chi connectivity index (χ0n) is 12.5. The molecular weight excluding hydrogens is 262 g/mol. The zero-order valence-corrected chi connectivity index (χ0v) is 12.5. The van der Waals surface area contributed by atoms with Gasteiger partial charge in [0.05, 0.1) is 12.5 Å². The van der Waals surface area contributed by atoms with E-state index in [1.807, 2.05) is 24.3 Å². The number of nitrogens with zero attached hydrogens (tertiary/aromatic N) is 3. The molecule has 1 aromatic rings. The number of nitriles is 1. The van der Waals surface area contributed by atoms with Gasteiger partial charge in [0.15, 0.2) is 0 Å². The van der Waals surface area contributed by atoms with Gasteiger partial charge in [-0.05, 0) is 30.5 Å². The second kappa shape index (κ2) is 6.93. The van der Waals surface area contributed by atoms with E-state index in [-0.39, 0.29) is 0 Å². The van der Waals surface area contributed by atoms with Crippen molar-refractivity contribution in [1.82, 2.24) is 9.80 Å². The third-order valence-corrected chi connectivity index (χ3v) is 4.35. The second-order valence-corrected chi connectivity index (χ2v) is 5.94. The van der Waals surface area contributed by atoms with E-state index in [0.29, 0.717) is 6.42 Å². The van der Waals surface area contributed by atoms with Crippen molar-refractivity contribution in [2.24, 2.45) is 0 Å². The summed E-state index contributed by atoms with van der Waals surface area (Å²) in [5.41, 5.74) is 1.04. The van der Waals surface area contributed by atoms with Crippen LogP contribution in [0, 0.1) is 11.3 Å². The van der Waals surface area contributed by atoms with Crippen molar-refractivity contribution in [2.75, 3.05) is 39.3 Å². The molecule has 21 heavy (non-hydrogen) atoms. The molecule has 0 spiro atoms. The first-order valence-electron chi connectivity index (χ1n) is 7.90. The Bertz CT molecular complexity index is 482. The molecular formula is C17H23N3O. The summed E-state index contributed by atoms with van der Waals surface area (Å²) in [7, 11) is 0. The lowest BCUT2D eigenvalue weighted by Gasteiger charge is -2.34. The molecule has 1 saturated carbocycles. The van der Waals surface area contributed by atoms with Gasteiger partial charge in [0.1, 0.15) is 12.4 Å². The summed E-state index contributed by atoms with van der Waals surface area (Å²) in [6.07, 6.45) is 3.28. The summed E-state index contributed by atoms with van der Waals surface area (Å²) in [4.78, 5) is 5.12. The summed E-state index contributed by atoms with van der Waals surface area (Å²) in [5.74, 6) is 0.897. The van der Waals surface area contributed by atoms with Gasteiger partial charge in [0.2, 0.25) is 0 Å². The van der Waals surface area contributed by atoms with Gasteiger partial charge < -0.3 is 4.74 Å². The molecule has 0 aromatic heterocycles. The first-order valence-corrected chi connectivity index (χ1v) is 7.90. The molecule has 2 aliphatic rings. The van der Waals surface area contributed by atoms with Gasteiger partial charge >= 0.3 is 0 Å². The number of benzene rings is 1. The third-order valence-electron chi connectivity index (χ3n) is 4.35. The number of ether oxygens (including phenoxy) is 1. The monoisotopic (exact) mass is 285 g/mol. The molecule has 1 aliphatic carbocycles. The Morgan fingerprint density at radius 3 is 2.43 bits per heavy atom. The fourth-order valence-corrected chi connectivity index (χ4v) is 2.88. The standard InChI is InChI=1S/C17H23N3O/c18-8-7-15-1-5-17(6-2-15)21-14-13-19-9-11-20(12-10-19)16-3-4-16/h1-2,5-6,16H,3-4,7,9-14H2. The molecule has 112 valence electrons. The van der Waals surface area contributed by atoms with Gasteiger partial charge in [0.25, 0.3) is 0 Å². The maximum Gasteiger partial charge on any atom is 0.119 e. The van der Waals surface area contributed by atoms with Crippen LogP contribution in [0.2, 0.25) is 0 Å². The second-order valence-electron chi connectivity index (χ2n) is 5.94. The molecule has 0 atom stereocenters. The van der Waals surface area contributed by atoms with Crippen LogP contribution >= 0.6 is 0 Å². The van der Waals surface area contributed by atoms with Gasteiger partial charge in [-0.2, -0.15) is 5.26 Å². The first kappa shape index (κ1) is 14.4. The van der Waals surface area contributed by atoms with Crippen molar-refractivity contribution in [3.8, 4) is 11.8 Å². The fraction of sp³-hybridized carbons (Fsp3) is 0.588. The molecule has 4 heteroatoms. The quantitative estimate of drug-likeness (QED) is 0.800. The summed E-state index contributed by atoms with van der Waals surface area (Å²) in [6, 6.07) is 10.9. The van der Waals surface area contributed by atoms with Crippen molar-refractivity contribution >= 4 is 0 Å². The Labute approximate surface area is 126 Å². The molecule has 0 radical (unpaired) electrons. The average molecular weight is 285 g/mol. The van der Waals surface area contributed by atoms with Crippen molar-refractivity contribution in [1.29, 1.82) is 5.26 Å². The molecule has 3 rings (SSSR count). The highest BCUT2D eigenvalue weighted by Gasteiger charge is 2.30. The molecule has 1 aromatic carbocycles. The van der Waals surface area contributed by atoms with E-state index in [4.69, 9.17) is 10.00 Å². The van der Waals surface area contributed by atoms with Gasteiger partial charge in [-0.15, -0.1) is 0 Å². The Balaban J connectivity index is 1.35. The van der Waals surface area contributed by atoms with Crippen molar-refractivity contribution in [3.63, 3.8) is 0 Å². The van der Waals surface area contributed by atoms with E-state index in [1.54, 1.807) is 0 Å². The zero-order chi connectivity index (χ0) is 14.5. The number of rotatable bonds is 6. The van der Waals surface area contributed by atoms with Crippen LogP contribution in [0.1, 0.15) is 18.4 Å². The minimum absolute atomic E-state index is 0.464. The summed E-state index contributed by atoms with van der Waals surface area (Å²) in [5, 5.41) is 8.64. The predicted octanol–water partition coefficient (Wildman–Crippen LogP) is 1.91. The van der Waals surface area contributed by atoms with E-state index in [9.17, 15) is 0 Å². The molecule has 0 bridgehead atoms. The third kappa shape index (κ3) is 4.20. The Morgan fingerprint density at radius 1 is 1.10 bits per heavy atom. The minimum atomic E-state index is 0.464. The van der Waals surface area contributed by atoms with Gasteiger partial charge in [-0.1, -0.05) is 12.1 Å². The lowest BCUT2D eigenvalue weighted by Crippen LogP contribution is -2.48. The maximum absolute atomic E-state index is 8.64. The topological polar surface area (TPSA) is 39.5 Å². The van der Waals surface area contributed by atoms with Crippen LogP contribution in [0.4, 0.5) is 0 Å². The molecule has 4 nitrogen and oxygen atoms in total. The smallest absolute Gasteiger partial charge is 0.119 e. The van der Waals surface area contributed by atoms with Crippen LogP contribution in [0.3, 0.4) is 0 Å². The minimum Gasteiger partial charge on any atom is -0.492 e. The Kier molecular flexibility index (Phi) is 4.74. The molecule has 0 unspecified atom stereocenters. The van der Waals surface area contributed by atoms with Gasteiger partial charge in [-0.3, -0.25) is 9.80 Å². The van der Waals surface area contributed by atoms with E-state index in [2.05, 4.69) is 15.9 Å². The van der Waals surface area contributed by atoms with Crippen molar-refractivity contribution in [3.05, 3.63) is 29.8 Å². The Hall–Kier alpha value is -1.57. The summed E-state index contributed by atoms with van der Waals surface area (Å²) in [6.45, 7) is 6.50. The lowest BCUT2D eigenvalue weighted by atomic mass is 10.2. The average Bonchev–Trinajstić information content (AvgIpc) is 3.35. The molecule has 2 fully saturated rings. The molecule has 0 amide bonds. The highest BCUT2D eigenvalue weighted by Crippen LogP contribution is 2.27. The number of hydrogen-bond acceptors (Lipinski definition) is 4. The van der Waals surface area contributed by atoms with Crippen LogP contribution in [-0.2, 0) is 6.42 Å². The maximum atomic E-state index is 8.64. The first-order chi connectivity index (χ1) is 10.3. The van der Waals surface area contributed by atoms with Crippen molar-refractivity contribution < 1.29 is 4.74 Å². The lowest BCUT2D eigenvalue weighted by molar-refractivity contribution is 0.112. The highest BCUT2D eigenvalue weighted by atomic mass is 16.5. The van der Waals surface area contributed by atoms with Crippen LogP contribution in [0.25, 0.3) is 0 Å². The van der Waals surface area contributed by atoms with Gasteiger partial charge in [-0.25, -0.2) is 0 Å². The largest absolute Gasteiger partial charge is 0.492 e. The molecule has 1 heterocycles. The number of piperazine rings is 1. The summed E-state index contributed by atoms with van der Waals surface area (Å²) < 4.78 is 5.79. The normalized spacial score (nSPS) is 20.1. The van der Waals surface area contributed by atoms with Gasteiger partial charge in [0, 0.05) is 38.8 Å². The summed E-state index contributed by atoms with van der Waals surface area (Å²) >= 11 is 0. The van der Waals surface area contributed by atoms with E-state index in [0.717, 1.165) is 30.5 Å².